The fourth-order valence-electron chi connectivity index (χ4n) is 2.09. The molecule has 0 aliphatic carbocycles. The zero-order chi connectivity index (χ0) is 16.7. The van der Waals surface area contributed by atoms with E-state index in [9.17, 15) is 9.18 Å². The number of anilines is 2. The van der Waals surface area contributed by atoms with Crippen molar-refractivity contribution >= 4 is 17.4 Å². The van der Waals surface area contributed by atoms with Gasteiger partial charge in [-0.05, 0) is 37.6 Å². The van der Waals surface area contributed by atoms with Crippen LogP contribution >= 0.6 is 0 Å². The average molecular weight is 316 g/mol. The van der Waals surface area contributed by atoms with Crippen LogP contribution in [-0.2, 0) is 0 Å². The molecular weight excluding hydrogens is 295 g/mol. The monoisotopic (exact) mass is 316 g/mol. The number of aryl methyl sites for hydroxylation is 1. The van der Waals surface area contributed by atoms with Crippen molar-refractivity contribution in [1.82, 2.24) is 9.97 Å². The molecule has 2 rings (SSSR count). The Kier molecular flexibility index (Phi) is 6.02. The second-order valence-electron chi connectivity index (χ2n) is 5.28. The second-order valence-corrected chi connectivity index (χ2v) is 5.28. The summed E-state index contributed by atoms with van der Waals surface area (Å²) in [4.78, 5) is 20.7. The number of amides is 1. The molecule has 0 fully saturated rings. The van der Waals surface area contributed by atoms with Crippen LogP contribution in [0.1, 0.15) is 42.5 Å². The summed E-state index contributed by atoms with van der Waals surface area (Å²) in [5.41, 5.74) is 0.796. The first-order valence-corrected chi connectivity index (χ1v) is 7.75. The fourth-order valence-corrected chi connectivity index (χ4v) is 2.09. The normalized spacial score (nSPS) is 10.4. The Hall–Kier alpha value is -2.50. The molecule has 5 nitrogen and oxygen atoms in total. The minimum absolute atomic E-state index is 0.278. The number of carbonyl (C=O) groups is 1. The van der Waals surface area contributed by atoms with Crippen molar-refractivity contribution in [2.45, 2.75) is 33.1 Å². The molecule has 6 heteroatoms. The van der Waals surface area contributed by atoms with Crippen LogP contribution in [-0.4, -0.2) is 22.4 Å². The molecule has 0 spiro atoms. The standard InChI is InChI=1S/C17H21FN4O/c1-3-4-5-10-19-16-11-15(20-12(2)21-16)17(23)22-14-8-6-13(18)7-9-14/h6-9,11H,3-5,10H2,1-2H3,(H,22,23)(H,19,20,21). The number of halogens is 1. The number of aromatic nitrogens is 2. The number of unbranched alkanes of at least 4 members (excludes halogenated alkanes) is 2. The van der Waals surface area contributed by atoms with Gasteiger partial charge in [0.1, 0.15) is 23.2 Å². The van der Waals surface area contributed by atoms with E-state index in [4.69, 9.17) is 0 Å². The first-order chi connectivity index (χ1) is 11.1. The first kappa shape index (κ1) is 16.9. The van der Waals surface area contributed by atoms with Gasteiger partial charge in [-0.2, -0.15) is 0 Å². The highest BCUT2D eigenvalue weighted by atomic mass is 19.1. The molecule has 1 amide bonds. The molecule has 0 aliphatic rings. The number of nitrogens with one attached hydrogen (secondary N) is 2. The third-order valence-corrected chi connectivity index (χ3v) is 3.26. The molecule has 0 bridgehead atoms. The lowest BCUT2D eigenvalue weighted by molar-refractivity contribution is 0.102. The molecule has 0 atom stereocenters. The van der Waals surface area contributed by atoms with Gasteiger partial charge in [-0.3, -0.25) is 4.79 Å². The van der Waals surface area contributed by atoms with E-state index in [0.29, 0.717) is 17.3 Å². The summed E-state index contributed by atoms with van der Waals surface area (Å²) in [5, 5.41) is 5.90. The van der Waals surface area contributed by atoms with Crippen molar-refractivity contribution in [3.63, 3.8) is 0 Å². The van der Waals surface area contributed by atoms with E-state index in [1.165, 1.54) is 24.3 Å². The number of rotatable bonds is 7. The van der Waals surface area contributed by atoms with Crippen molar-refractivity contribution in [2.24, 2.45) is 0 Å². The Labute approximate surface area is 135 Å². The predicted octanol–water partition coefficient (Wildman–Crippen LogP) is 3.78. The summed E-state index contributed by atoms with van der Waals surface area (Å²) in [5.74, 6) is 0.464. The zero-order valence-corrected chi connectivity index (χ0v) is 13.4. The summed E-state index contributed by atoms with van der Waals surface area (Å²) in [6.07, 6.45) is 3.35. The van der Waals surface area contributed by atoms with Crippen molar-refractivity contribution in [1.29, 1.82) is 0 Å². The Morgan fingerprint density at radius 1 is 1.17 bits per heavy atom. The first-order valence-electron chi connectivity index (χ1n) is 7.75. The van der Waals surface area contributed by atoms with Gasteiger partial charge in [0.05, 0.1) is 0 Å². The maximum atomic E-state index is 12.9. The van der Waals surface area contributed by atoms with Crippen molar-refractivity contribution in [3.8, 4) is 0 Å². The summed E-state index contributed by atoms with van der Waals surface area (Å²) in [7, 11) is 0. The van der Waals surface area contributed by atoms with Gasteiger partial charge in [0, 0.05) is 18.3 Å². The van der Waals surface area contributed by atoms with Gasteiger partial charge in [0.25, 0.3) is 5.91 Å². The number of carbonyl (C=O) groups excluding carboxylic acids is 1. The molecule has 1 heterocycles. The molecule has 0 unspecified atom stereocenters. The summed E-state index contributed by atoms with van der Waals surface area (Å²) >= 11 is 0. The van der Waals surface area contributed by atoms with Crippen molar-refractivity contribution < 1.29 is 9.18 Å². The predicted molar refractivity (Wildman–Crippen MR) is 89.1 cm³/mol. The summed E-state index contributed by atoms with van der Waals surface area (Å²) in [6, 6.07) is 7.22. The maximum absolute atomic E-state index is 12.9. The lowest BCUT2D eigenvalue weighted by Gasteiger charge is -2.09. The van der Waals surface area contributed by atoms with Crippen molar-refractivity contribution in [2.75, 3.05) is 17.2 Å². The van der Waals surface area contributed by atoms with E-state index < -0.39 is 0 Å². The summed E-state index contributed by atoms with van der Waals surface area (Å²) < 4.78 is 12.9. The Morgan fingerprint density at radius 3 is 2.61 bits per heavy atom. The fraction of sp³-hybridized carbons (Fsp3) is 0.353. The van der Waals surface area contributed by atoms with Crippen LogP contribution in [0, 0.1) is 12.7 Å². The molecule has 0 radical (unpaired) electrons. The van der Waals surface area contributed by atoms with Crippen LogP contribution in [0.15, 0.2) is 30.3 Å². The number of benzene rings is 1. The smallest absolute Gasteiger partial charge is 0.274 e. The van der Waals surface area contributed by atoms with E-state index >= 15 is 0 Å². The quantitative estimate of drug-likeness (QED) is 0.763. The van der Waals surface area contributed by atoms with Gasteiger partial charge >= 0.3 is 0 Å². The highest BCUT2D eigenvalue weighted by Crippen LogP contribution is 2.12. The van der Waals surface area contributed by atoms with Gasteiger partial charge < -0.3 is 10.6 Å². The maximum Gasteiger partial charge on any atom is 0.274 e. The molecule has 2 aromatic rings. The average Bonchev–Trinajstić information content (AvgIpc) is 2.53. The Morgan fingerprint density at radius 2 is 1.91 bits per heavy atom. The third-order valence-electron chi connectivity index (χ3n) is 3.26. The van der Waals surface area contributed by atoms with E-state index in [2.05, 4.69) is 27.5 Å². The van der Waals surface area contributed by atoms with Crippen LogP contribution in [0.5, 0.6) is 0 Å². The minimum atomic E-state index is -0.348. The molecule has 122 valence electrons. The van der Waals surface area contributed by atoms with Crippen LogP contribution in [0.4, 0.5) is 15.9 Å². The van der Waals surface area contributed by atoms with E-state index in [1.54, 1.807) is 13.0 Å². The van der Waals surface area contributed by atoms with Crippen LogP contribution in [0.3, 0.4) is 0 Å². The van der Waals surface area contributed by atoms with Crippen LogP contribution in [0.25, 0.3) is 0 Å². The molecule has 1 aromatic heterocycles. The van der Waals surface area contributed by atoms with Crippen LogP contribution < -0.4 is 10.6 Å². The minimum Gasteiger partial charge on any atom is -0.370 e. The van der Waals surface area contributed by atoms with Crippen LogP contribution in [0.2, 0.25) is 0 Å². The van der Waals surface area contributed by atoms with Gasteiger partial charge in [-0.15, -0.1) is 0 Å². The van der Waals surface area contributed by atoms with Gasteiger partial charge in [-0.25, -0.2) is 14.4 Å². The number of nitrogens with zero attached hydrogens (tertiary/aromatic N) is 2. The largest absolute Gasteiger partial charge is 0.370 e. The number of hydrogen-bond donors (Lipinski definition) is 2. The SMILES string of the molecule is CCCCCNc1cc(C(=O)Nc2ccc(F)cc2)nc(C)n1. The topological polar surface area (TPSA) is 66.9 Å². The molecule has 23 heavy (non-hydrogen) atoms. The Bertz CT molecular complexity index is 658. The van der Waals surface area contributed by atoms with Gasteiger partial charge in [-0.1, -0.05) is 19.8 Å². The molecule has 2 N–H and O–H groups in total. The molecule has 0 aliphatic heterocycles. The number of hydrogen-bond acceptors (Lipinski definition) is 4. The van der Waals surface area contributed by atoms with Gasteiger partial charge in [0.15, 0.2) is 0 Å². The third kappa shape index (κ3) is 5.32. The lowest BCUT2D eigenvalue weighted by Crippen LogP contribution is -2.16. The summed E-state index contributed by atoms with van der Waals surface area (Å²) in [6.45, 7) is 4.70. The van der Waals surface area contributed by atoms with E-state index in [1.807, 2.05) is 0 Å². The second kappa shape index (κ2) is 8.22. The lowest BCUT2D eigenvalue weighted by atomic mass is 10.2. The molecule has 0 saturated heterocycles. The van der Waals surface area contributed by atoms with E-state index in [-0.39, 0.29) is 17.4 Å². The highest BCUT2D eigenvalue weighted by molar-refractivity contribution is 6.03. The highest BCUT2D eigenvalue weighted by Gasteiger charge is 2.11. The van der Waals surface area contributed by atoms with Gasteiger partial charge in [0.2, 0.25) is 0 Å². The molecule has 1 aromatic carbocycles. The van der Waals surface area contributed by atoms with Crippen molar-refractivity contribution in [3.05, 3.63) is 47.7 Å². The Balaban J connectivity index is 2.04. The molecular formula is C17H21FN4O. The molecule has 0 saturated carbocycles. The van der Waals surface area contributed by atoms with E-state index in [0.717, 1.165) is 25.8 Å². The zero-order valence-electron chi connectivity index (χ0n) is 13.4.